The van der Waals surface area contributed by atoms with E-state index in [1.165, 1.54) is 30.6 Å². The summed E-state index contributed by atoms with van der Waals surface area (Å²) >= 11 is 1.97. The van der Waals surface area contributed by atoms with E-state index >= 15 is 0 Å². The quantitative estimate of drug-likeness (QED) is 0.846. The minimum absolute atomic E-state index is 0.00731. The predicted molar refractivity (Wildman–Crippen MR) is 85.8 cm³/mol. The lowest BCUT2D eigenvalue weighted by Crippen LogP contribution is -2.43. The Hall–Kier alpha value is -1.00. The van der Waals surface area contributed by atoms with Gasteiger partial charge in [-0.2, -0.15) is 11.8 Å². The molecule has 110 valence electrons. The normalized spacial score (nSPS) is 20.4. The number of nitrogens with two attached hydrogens (primary N) is 1. The summed E-state index contributed by atoms with van der Waals surface area (Å²) in [5.41, 5.74) is 7.20. The van der Waals surface area contributed by atoms with Crippen molar-refractivity contribution in [2.75, 3.05) is 12.3 Å². The molecule has 0 radical (unpaired) electrons. The third-order valence-electron chi connectivity index (χ3n) is 3.70. The van der Waals surface area contributed by atoms with E-state index in [2.05, 4.69) is 17.4 Å². The van der Waals surface area contributed by atoms with Crippen LogP contribution >= 0.6 is 11.8 Å². The molecule has 2 atom stereocenters. The zero-order chi connectivity index (χ0) is 14.2. The van der Waals surface area contributed by atoms with E-state index < -0.39 is 6.04 Å². The topological polar surface area (TPSA) is 55.1 Å². The summed E-state index contributed by atoms with van der Waals surface area (Å²) in [7, 11) is 0. The minimum Gasteiger partial charge on any atom is -0.354 e. The number of thioether (sulfide) groups is 1. The summed E-state index contributed by atoms with van der Waals surface area (Å²) in [6, 6.07) is 9.77. The summed E-state index contributed by atoms with van der Waals surface area (Å²) in [5.74, 6) is 1.22. The lowest BCUT2D eigenvalue weighted by molar-refractivity contribution is -0.122. The molecular formula is C16H24N2OS. The van der Waals surface area contributed by atoms with Crippen LogP contribution in [0.25, 0.3) is 0 Å². The molecule has 0 bridgehead atoms. The average Bonchev–Trinajstić information content (AvgIpc) is 2.52. The molecule has 1 fully saturated rings. The Bertz CT molecular complexity index is 404. The average molecular weight is 292 g/mol. The second-order valence-corrected chi connectivity index (χ2v) is 6.77. The Kier molecular flexibility index (Phi) is 6.40. The number of benzene rings is 1. The maximum Gasteiger partial charge on any atom is 0.236 e. The third kappa shape index (κ3) is 5.17. The van der Waals surface area contributed by atoms with Gasteiger partial charge in [0.25, 0.3) is 0 Å². The van der Waals surface area contributed by atoms with Gasteiger partial charge in [0.1, 0.15) is 0 Å². The molecule has 0 spiro atoms. The Balaban J connectivity index is 1.66. The molecule has 1 aliphatic heterocycles. The monoisotopic (exact) mass is 292 g/mol. The zero-order valence-electron chi connectivity index (χ0n) is 11.9. The van der Waals surface area contributed by atoms with Crippen LogP contribution in [0.15, 0.2) is 30.3 Å². The summed E-state index contributed by atoms with van der Waals surface area (Å²) < 4.78 is 0. The molecule has 3 nitrogen and oxygen atoms in total. The first-order valence-corrected chi connectivity index (χ1v) is 8.49. The van der Waals surface area contributed by atoms with Crippen LogP contribution in [0, 0.1) is 0 Å². The van der Waals surface area contributed by atoms with Crippen molar-refractivity contribution in [2.45, 2.75) is 43.4 Å². The molecule has 2 unspecified atom stereocenters. The van der Waals surface area contributed by atoms with Gasteiger partial charge in [-0.3, -0.25) is 4.79 Å². The largest absolute Gasteiger partial charge is 0.354 e. The van der Waals surface area contributed by atoms with Crippen molar-refractivity contribution in [1.29, 1.82) is 0 Å². The summed E-state index contributed by atoms with van der Waals surface area (Å²) in [4.78, 5) is 12.0. The van der Waals surface area contributed by atoms with Crippen LogP contribution in [0.3, 0.4) is 0 Å². The summed E-state index contributed by atoms with van der Waals surface area (Å²) in [5, 5.41) is 3.58. The van der Waals surface area contributed by atoms with Gasteiger partial charge in [-0.25, -0.2) is 0 Å². The highest BCUT2D eigenvalue weighted by molar-refractivity contribution is 7.99. The Labute approximate surface area is 125 Å². The maximum atomic E-state index is 12.0. The Morgan fingerprint density at radius 3 is 2.85 bits per heavy atom. The molecule has 1 amide bonds. The molecule has 0 aliphatic carbocycles. The van der Waals surface area contributed by atoms with Crippen molar-refractivity contribution in [1.82, 2.24) is 5.32 Å². The number of hydrogen-bond acceptors (Lipinski definition) is 3. The van der Waals surface area contributed by atoms with Gasteiger partial charge in [-0.1, -0.05) is 36.8 Å². The van der Waals surface area contributed by atoms with Crippen molar-refractivity contribution in [3.05, 3.63) is 35.9 Å². The maximum absolute atomic E-state index is 12.0. The van der Waals surface area contributed by atoms with E-state index in [1.54, 1.807) is 0 Å². The lowest BCUT2D eigenvalue weighted by Gasteiger charge is -2.22. The predicted octanol–water partition coefficient (Wildman–Crippen LogP) is 2.35. The lowest BCUT2D eigenvalue weighted by atomic mass is 10.1. The molecule has 1 heterocycles. The molecule has 0 aromatic heterocycles. The van der Waals surface area contributed by atoms with E-state index in [0.29, 0.717) is 11.7 Å². The van der Waals surface area contributed by atoms with E-state index in [4.69, 9.17) is 5.73 Å². The number of amides is 1. The first kappa shape index (κ1) is 15.4. The van der Waals surface area contributed by atoms with E-state index in [0.717, 1.165) is 13.0 Å². The van der Waals surface area contributed by atoms with Crippen LogP contribution < -0.4 is 11.1 Å². The highest BCUT2D eigenvalue weighted by Gasteiger charge is 2.17. The molecule has 1 saturated heterocycles. The van der Waals surface area contributed by atoms with Crippen LogP contribution in [0.2, 0.25) is 0 Å². The molecule has 1 aromatic carbocycles. The molecular weight excluding hydrogens is 268 g/mol. The Morgan fingerprint density at radius 1 is 1.35 bits per heavy atom. The number of aryl methyl sites for hydroxylation is 1. The number of nitrogens with one attached hydrogen (secondary N) is 1. The molecule has 0 saturated carbocycles. The van der Waals surface area contributed by atoms with Gasteiger partial charge in [0.15, 0.2) is 0 Å². The number of hydrogen-bond donors (Lipinski definition) is 2. The SMILES string of the molecule is NC(CCc1ccccc1)C(=O)NCC1CCCCS1. The highest BCUT2D eigenvalue weighted by atomic mass is 32.2. The molecule has 1 aromatic rings. The second kappa shape index (κ2) is 8.32. The van der Waals surface area contributed by atoms with Gasteiger partial charge in [-0.15, -0.1) is 0 Å². The number of carbonyl (C=O) groups is 1. The molecule has 20 heavy (non-hydrogen) atoms. The number of rotatable bonds is 6. The number of carbonyl (C=O) groups excluding carboxylic acids is 1. The zero-order valence-corrected chi connectivity index (χ0v) is 12.7. The van der Waals surface area contributed by atoms with Gasteiger partial charge in [0, 0.05) is 11.8 Å². The van der Waals surface area contributed by atoms with Crippen molar-refractivity contribution in [2.24, 2.45) is 5.73 Å². The molecule has 1 aliphatic rings. The van der Waals surface area contributed by atoms with Gasteiger partial charge in [-0.05, 0) is 37.0 Å². The van der Waals surface area contributed by atoms with Gasteiger partial charge < -0.3 is 11.1 Å². The van der Waals surface area contributed by atoms with Gasteiger partial charge >= 0.3 is 0 Å². The van der Waals surface area contributed by atoms with Crippen LogP contribution in [0.4, 0.5) is 0 Å². The highest BCUT2D eigenvalue weighted by Crippen LogP contribution is 2.24. The fraction of sp³-hybridized carbons (Fsp3) is 0.562. The molecule has 3 N–H and O–H groups in total. The van der Waals surface area contributed by atoms with Crippen molar-refractivity contribution >= 4 is 17.7 Å². The van der Waals surface area contributed by atoms with Crippen molar-refractivity contribution in [3.8, 4) is 0 Å². The Morgan fingerprint density at radius 2 is 2.15 bits per heavy atom. The summed E-state index contributed by atoms with van der Waals surface area (Å²) in [6.45, 7) is 0.766. The van der Waals surface area contributed by atoms with Crippen LogP contribution in [0.5, 0.6) is 0 Å². The van der Waals surface area contributed by atoms with Gasteiger partial charge in [0.2, 0.25) is 5.91 Å². The minimum atomic E-state index is -0.399. The second-order valence-electron chi connectivity index (χ2n) is 5.36. The van der Waals surface area contributed by atoms with Crippen LogP contribution in [-0.4, -0.2) is 29.5 Å². The van der Waals surface area contributed by atoms with Crippen LogP contribution in [-0.2, 0) is 11.2 Å². The van der Waals surface area contributed by atoms with Gasteiger partial charge in [0.05, 0.1) is 6.04 Å². The standard InChI is InChI=1S/C16H24N2OS/c17-15(10-9-13-6-2-1-3-7-13)16(19)18-12-14-8-4-5-11-20-14/h1-3,6-7,14-15H,4-5,8-12,17H2,(H,18,19). The molecule has 4 heteroatoms. The first-order chi connectivity index (χ1) is 9.75. The van der Waals surface area contributed by atoms with Crippen molar-refractivity contribution in [3.63, 3.8) is 0 Å². The first-order valence-electron chi connectivity index (χ1n) is 7.44. The smallest absolute Gasteiger partial charge is 0.236 e. The molecule has 2 rings (SSSR count). The van der Waals surface area contributed by atoms with E-state index in [1.807, 2.05) is 30.0 Å². The van der Waals surface area contributed by atoms with Crippen LogP contribution in [0.1, 0.15) is 31.2 Å². The fourth-order valence-corrected chi connectivity index (χ4v) is 3.65. The third-order valence-corrected chi connectivity index (χ3v) is 5.10. The van der Waals surface area contributed by atoms with E-state index in [9.17, 15) is 4.79 Å². The van der Waals surface area contributed by atoms with Crippen molar-refractivity contribution < 1.29 is 4.79 Å². The van der Waals surface area contributed by atoms with E-state index in [-0.39, 0.29) is 5.91 Å². The summed E-state index contributed by atoms with van der Waals surface area (Å²) in [6.07, 6.45) is 5.37. The fourth-order valence-electron chi connectivity index (χ4n) is 2.41.